The minimum Gasteiger partial charge on any atom is -0.345 e. The molecule has 0 N–H and O–H groups in total. The smallest absolute Gasteiger partial charge is 0.253 e. The van der Waals surface area contributed by atoms with Crippen LogP contribution in [0, 0.1) is 6.92 Å². The van der Waals surface area contributed by atoms with E-state index >= 15 is 0 Å². The maximum atomic E-state index is 12.6. The van der Waals surface area contributed by atoms with Gasteiger partial charge in [-0.25, -0.2) is 8.42 Å². The SMILES string of the molecule is CCN(CC)S(=O)(=O)c1cc(C(=O)N(C)C)ccc1C. The number of nitrogens with zero attached hydrogens (tertiary/aromatic N) is 2. The van der Waals surface area contributed by atoms with Gasteiger partial charge in [0.05, 0.1) is 4.90 Å². The average molecular weight is 298 g/mol. The lowest BCUT2D eigenvalue weighted by Crippen LogP contribution is -2.31. The van der Waals surface area contributed by atoms with Crippen molar-refractivity contribution >= 4 is 15.9 Å². The van der Waals surface area contributed by atoms with Crippen molar-refractivity contribution < 1.29 is 13.2 Å². The first-order chi connectivity index (χ1) is 9.25. The Morgan fingerprint density at radius 1 is 1.15 bits per heavy atom. The monoisotopic (exact) mass is 298 g/mol. The third kappa shape index (κ3) is 3.19. The van der Waals surface area contributed by atoms with Gasteiger partial charge in [0.2, 0.25) is 10.0 Å². The zero-order valence-corrected chi connectivity index (χ0v) is 13.5. The quantitative estimate of drug-likeness (QED) is 0.832. The van der Waals surface area contributed by atoms with Crippen molar-refractivity contribution in [2.75, 3.05) is 27.2 Å². The van der Waals surface area contributed by atoms with Crippen molar-refractivity contribution in [2.24, 2.45) is 0 Å². The Morgan fingerprint density at radius 3 is 2.15 bits per heavy atom. The van der Waals surface area contributed by atoms with Crippen LogP contribution in [-0.2, 0) is 10.0 Å². The number of rotatable bonds is 5. The number of carbonyl (C=O) groups excluding carboxylic acids is 1. The van der Waals surface area contributed by atoms with Crippen molar-refractivity contribution in [1.82, 2.24) is 9.21 Å². The molecule has 0 aliphatic rings. The Balaban J connectivity index is 3.38. The number of aryl methyl sites for hydroxylation is 1. The normalized spacial score (nSPS) is 11.7. The van der Waals surface area contributed by atoms with Gasteiger partial charge in [-0.3, -0.25) is 4.79 Å². The first kappa shape index (κ1) is 16.7. The van der Waals surface area contributed by atoms with E-state index in [1.807, 2.05) is 0 Å². The highest BCUT2D eigenvalue weighted by molar-refractivity contribution is 7.89. The van der Waals surface area contributed by atoms with Gasteiger partial charge < -0.3 is 4.90 Å². The van der Waals surface area contributed by atoms with Gasteiger partial charge >= 0.3 is 0 Å². The van der Waals surface area contributed by atoms with E-state index in [1.165, 1.54) is 15.3 Å². The maximum absolute atomic E-state index is 12.6. The molecule has 0 fully saturated rings. The summed E-state index contributed by atoms with van der Waals surface area (Å²) < 4.78 is 26.5. The first-order valence-corrected chi connectivity index (χ1v) is 8.02. The summed E-state index contributed by atoms with van der Waals surface area (Å²) in [4.78, 5) is 13.6. The van der Waals surface area contributed by atoms with Crippen LogP contribution in [0.1, 0.15) is 29.8 Å². The molecule has 0 saturated carbocycles. The first-order valence-electron chi connectivity index (χ1n) is 6.58. The van der Waals surface area contributed by atoms with E-state index in [0.29, 0.717) is 24.2 Å². The molecule has 6 heteroatoms. The van der Waals surface area contributed by atoms with Crippen LogP contribution in [0.2, 0.25) is 0 Å². The summed E-state index contributed by atoms with van der Waals surface area (Å²) in [6, 6.07) is 4.79. The average Bonchev–Trinajstić information content (AvgIpc) is 2.39. The summed E-state index contributed by atoms with van der Waals surface area (Å²) in [6.45, 7) is 6.14. The number of sulfonamides is 1. The molecule has 0 bridgehead atoms. The molecule has 0 spiro atoms. The summed E-state index contributed by atoms with van der Waals surface area (Å²) in [7, 11) is -0.272. The number of hydrogen-bond acceptors (Lipinski definition) is 3. The second-order valence-corrected chi connectivity index (χ2v) is 6.68. The molecule has 0 aliphatic carbocycles. The molecule has 1 amide bonds. The molecule has 1 aromatic rings. The van der Waals surface area contributed by atoms with Gasteiger partial charge in [-0.15, -0.1) is 0 Å². The molecular formula is C14H22N2O3S. The topological polar surface area (TPSA) is 57.7 Å². The maximum Gasteiger partial charge on any atom is 0.253 e. The molecule has 5 nitrogen and oxygen atoms in total. The fourth-order valence-electron chi connectivity index (χ4n) is 1.97. The third-order valence-electron chi connectivity index (χ3n) is 3.16. The van der Waals surface area contributed by atoms with Crippen LogP contribution in [0.15, 0.2) is 23.1 Å². The molecular weight excluding hydrogens is 276 g/mol. The van der Waals surface area contributed by atoms with Crippen LogP contribution in [0.5, 0.6) is 0 Å². The molecule has 0 atom stereocenters. The number of amides is 1. The van der Waals surface area contributed by atoms with Gasteiger partial charge in [-0.1, -0.05) is 19.9 Å². The van der Waals surface area contributed by atoms with E-state index in [-0.39, 0.29) is 10.8 Å². The molecule has 0 radical (unpaired) electrons. The fourth-order valence-corrected chi connectivity index (χ4v) is 3.68. The lowest BCUT2D eigenvalue weighted by Gasteiger charge is -2.20. The Bertz CT molecular complexity index is 590. The van der Waals surface area contributed by atoms with Crippen LogP contribution >= 0.6 is 0 Å². The van der Waals surface area contributed by atoms with Gasteiger partial charge in [0.15, 0.2) is 0 Å². The van der Waals surface area contributed by atoms with Crippen LogP contribution in [0.25, 0.3) is 0 Å². The van der Waals surface area contributed by atoms with Gasteiger partial charge in [0.25, 0.3) is 5.91 Å². The van der Waals surface area contributed by atoms with E-state index in [1.54, 1.807) is 47.0 Å². The molecule has 112 valence electrons. The molecule has 1 aromatic carbocycles. The Labute approximate surface area is 121 Å². The zero-order chi connectivity index (χ0) is 15.5. The lowest BCUT2D eigenvalue weighted by molar-refractivity contribution is 0.0827. The van der Waals surface area contributed by atoms with Gasteiger partial charge in [0, 0.05) is 32.7 Å². The molecule has 0 heterocycles. The minimum atomic E-state index is -3.55. The minimum absolute atomic E-state index is 0.203. The summed E-state index contributed by atoms with van der Waals surface area (Å²) >= 11 is 0. The second-order valence-electron chi connectivity index (χ2n) is 4.77. The van der Waals surface area contributed by atoms with E-state index in [9.17, 15) is 13.2 Å². The van der Waals surface area contributed by atoms with Gasteiger partial charge in [0.1, 0.15) is 0 Å². The third-order valence-corrected chi connectivity index (χ3v) is 5.36. The molecule has 0 aromatic heterocycles. The van der Waals surface area contributed by atoms with Gasteiger partial charge in [-0.2, -0.15) is 4.31 Å². The van der Waals surface area contributed by atoms with Gasteiger partial charge in [-0.05, 0) is 24.6 Å². The second kappa shape index (κ2) is 6.37. The molecule has 1 rings (SSSR count). The Hall–Kier alpha value is -1.40. The Morgan fingerprint density at radius 2 is 1.70 bits per heavy atom. The highest BCUT2D eigenvalue weighted by Gasteiger charge is 2.24. The van der Waals surface area contributed by atoms with Crippen molar-refractivity contribution in [3.63, 3.8) is 0 Å². The van der Waals surface area contributed by atoms with E-state index in [2.05, 4.69) is 0 Å². The predicted molar refractivity (Wildman–Crippen MR) is 79.3 cm³/mol. The van der Waals surface area contributed by atoms with E-state index < -0.39 is 10.0 Å². The van der Waals surface area contributed by atoms with E-state index in [4.69, 9.17) is 0 Å². The fraction of sp³-hybridized carbons (Fsp3) is 0.500. The molecule has 20 heavy (non-hydrogen) atoms. The number of benzene rings is 1. The van der Waals surface area contributed by atoms with Crippen LogP contribution in [0.4, 0.5) is 0 Å². The van der Waals surface area contributed by atoms with Crippen molar-refractivity contribution in [3.05, 3.63) is 29.3 Å². The highest BCUT2D eigenvalue weighted by atomic mass is 32.2. The van der Waals surface area contributed by atoms with E-state index in [0.717, 1.165) is 0 Å². The molecule has 0 unspecified atom stereocenters. The molecule has 0 aliphatic heterocycles. The Kier molecular flexibility index (Phi) is 5.30. The highest BCUT2D eigenvalue weighted by Crippen LogP contribution is 2.21. The van der Waals surface area contributed by atoms with Crippen LogP contribution < -0.4 is 0 Å². The lowest BCUT2D eigenvalue weighted by atomic mass is 10.1. The van der Waals surface area contributed by atoms with Crippen molar-refractivity contribution in [2.45, 2.75) is 25.7 Å². The number of hydrogen-bond donors (Lipinski definition) is 0. The predicted octanol–water partition coefficient (Wildman–Crippen LogP) is 1.73. The van der Waals surface area contributed by atoms with Crippen molar-refractivity contribution in [3.8, 4) is 0 Å². The summed E-state index contributed by atoms with van der Waals surface area (Å²) in [5, 5.41) is 0. The van der Waals surface area contributed by atoms with Crippen LogP contribution in [0.3, 0.4) is 0 Å². The van der Waals surface area contributed by atoms with Crippen LogP contribution in [-0.4, -0.2) is 50.7 Å². The zero-order valence-electron chi connectivity index (χ0n) is 12.7. The number of carbonyl (C=O) groups is 1. The standard InChI is InChI=1S/C14H22N2O3S/c1-6-16(7-2)20(18,19)13-10-12(9-8-11(13)3)14(17)15(4)5/h8-10H,6-7H2,1-5H3. The summed E-state index contributed by atoms with van der Waals surface area (Å²) in [5.41, 5.74) is 1.03. The summed E-state index contributed by atoms with van der Waals surface area (Å²) in [6.07, 6.45) is 0. The molecule has 0 saturated heterocycles. The summed E-state index contributed by atoms with van der Waals surface area (Å²) in [5.74, 6) is -0.207. The largest absolute Gasteiger partial charge is 0.345 e. The van der Waals surface area contributed by atoms with Crippen molar-refractivity contribution in [1.29, 1.82) is 0 Å².